The van der Waals surface area contributed by atoms with Crippen LogP contribution in [0, 0.1) is 5.41 Å². The van der Waals surface area contributed by atoms with Crippen molar-refractivity contribution in [3.63, 3.8) is 0 Å². The van der Waals surface area contributed by atoms with Crippen molar-refractivity contribution in [2.75, 3.05) is 20.1 Å². The van der Waals surface area contributed by atoms with Crippen LogP contribution in [0.4, 0.5) is 0 Å². The zero-order chi connectivity index (χ0) is 12.5. The van der Waals surface area contributed by atoms with Gasteiger partial charge in [-0.1, -0.05) is 44.2 Å². The smallest absolute Gasteiger partial charge is 0.0320 e. The van der Waals surface area contributed by atoms with Crippen molar-refractivity contribution in [3.05, 3.63) is 35.9 Å². The zero-order valence-corrected chi connectivity index (χ0v) is 11.4. The van der Waals surface area contributed by atoms with Gasteiger partial charge in [-0.05, 0) is 24.9 Å². The zero-order valence-electron chi connectivity index (χ0n) is 11.4. The molecule has 2 nitrogen and oxygen atoms in total. The minimum atomic E-state index is 0.359. The van der Waals surface area contributed by atoms with Crippen LogP contribution in [0.5, 0.6) is 0 Å². The van der Waals surface area contributed by atoms with E-state index in [1.165, 1.54) is 5.56 Å². The molecular formula is C15H24N2. The number of hydrogen-bond acceptors (Lipinski definition) is 2. The van der Waals surface area contributed by atoms with E-state index in [2.05, 4.69) is 68.4 Å². The van der Waals surface area contributed by atoms with Gasteiger partial charge in [-0.2, -0.15) is 0 Å². The molecule has 0 aromatic heterocycles. The molecular weight excluding hydrogens is 208 g/mol. The Labute approximate surface area is 105 Å². The normalized spacial score (nSPS) is 26.0. The van der Waals surface area contributed by atoms with E-state index in [4.69, 9.17) is 0 Å². The first kappa shape index (κ1) is 12.6. The number of likely N-dealkylation sites (tertiary alicyclic amines) is 1. The fourth-order valence-corrected chi connectivity index (χ4v) is 2.90. The molecule has 17 heavy (non-hydrogen) atoms. The van der Waals surface area contributed by atoms with E-state index in [9.17, 15) is 0 Å². The third-order valence-electron chi connectivity index (χ3n) is 4.15. The highest BCUT2D eigenvalue weighted by Crippen LogP contribution is 2.34. The fraction of sp³-hybridized carbons (Fsp3) is 0.600. The average molecular weight is 232 g/mol. The van der Waals surface area contributed by atoms with Crippen molar-refractivity contribution in [1.29, 1.82) is 0 Å². The monoisotopic (exact) mass is 232 g/mol. The Morgan fingerprint density at radius 1 is 1.29 bits per heavy atom. The maximum Gasteiger partial charge on any atom is 0.0320 e. The Kier molecular flexibility index (Phi) is 3.55. The number of hydrogen-bond donors (Lipinski definition) is 1. The van der Waals surface area contributed by atoms with Crippen molar-refractivity contribution in [3.8, 4) is 0 Å². The molecule has 94 valence electrons. The van der Waals surface area contributed by atoms with Crippen LogP contribution >= 0.6 is 0 Å². The third kappa shape index (κ3) is 2.53. The first-order valence-electron chi connectivity index (χ1n) is 6.51. The summed E-state index contributed by atoms with van der Waals surface area (Å²) in [7, 11) is 2.07. The van der Waals surface area contributed by atoms with Crippen molar-refractivity contribution < 1.29 is 0 Å². The number of nitrogens with one attached hydrogen (secondary N) is 1. The molecule has 1 aliphatic heterocycles. The number of benzene rings is 1. The van der Waals surface area contributed by atoms with E-state index in [0.717, 1.165) is 13.1 Å². The standard InChI is InChI=1S/C15H24N2/c1-12(13-8-6-5-7-9-13)17-10-14(16-4)15(2,3)11-17/h5-9,12,14,16H,10-11H2,1-4H3/t12-,14+/m1/s1. The molecule has 0 bridgehead atoms. The first-order valence-corrected chi connectivity index (χ1v) is 6.51. The molecule has 1 N–H and O–H groups in total. The third-order valence-corrected chi connectivity index (χ3v) is 4.15. The Bertz CT molecular complexity index is 358. The summed E-state index contributed by atoms with van der Waals surface area (Å²) in [5.74, 6) is 0. The van der Waals surface area contributed by atoms with E-state index in [1.54, 1.807) is 0 Å². The molecule has 1 aromatic rings. The molecule has 1 aliphatic rings. The minimum absolute atomic E-state index is 0.359. The van der Waals surface area contributed by atoms with Gasteiger partial charge in [-0.25, -0.2) is 0 Å². The lowest BCUT2D eigenvalue weighted by molar-refractivity contribution is 0.232. The highest BCUT2D eigenvalue weighted by molar-refractivity contribution is 5.19. The van der Waals surface area contributed by atoms with Gasteiger partial charge in [-0.15, -0.1) is 0 Å². The number of nitrogens with zero attached hydrogens (tertiary/aromatic N) is 1. The molecule has 2 rings (SSSR count). The highest BCUT2D eigenvalue weighted by Gasteiger charge is 2.39. The molecule has 0 spiro atoms. The van der Waals surface area contributed by atoms with E-state index < -0.39 is 0 Å². The highest BCUT2D eigenvalue weighted by atomic mass is 15.2. The minimum Gasteiger partial charge on any atom is -0.315 e. The van der Waals surface area contributed by atoms with Crippen LogP contribution in [-0.4, -0.2) is 31.1 Å². The second-order valence-electron chi connectivity index (χ2n) is 5.85. The predicted molar refractivity (Wildman–Crippen MR) is 73.1 cm³/mol. The van der Waals surface area contributed by atoms with Crippen molar-refractivity contribution in [1.82, 2.24) is 10.2 Å². The first-order chi connectivity index (χ1) is 8.04. The summed E-state index contributed by atoms with van der Waals surface area (Å²) in [6.45, 7) is 9.31. The van der Waals surface area contributed by atoms with Gasteiger partial charge < -0.3 is 5.32 Å². The van der Waals surface area contributed by atoms with Crippen LogP contribution in [0.25, 0.3) is 0 Å². The Hall–Kier alpha value is -0.860. The van der Waals surface area contributed by atoms with Gasteiger partial charge in [0, 0.05) is 25.2 Å². The summed E-state index contributed by atoms with van der Waals surface area (Å²) in [5.41, 5.74) is 1.78. The second-order valence-corrected chi connectivity index (χ2v) is 5.85. The molecule has 0 saturated carbocycles. The molecule has 1 fully saturated rings. The van der Waals surface area contributed by atoms with Crippen LogP contribution in [-0.2, 0) is 0 Å². The van der Waals surface area contributed by atoms with Gasteiger partial charge in [0.1, 0.15) is 0 Å². The lowest BCUT2D eigenvalue weighted by Crippen LogP contribution is -2.38. The van der Waals surface area contributed by atoms with E-state index in [0.29, 0.717) is 17.5 Å². The van der Waals surface area contributed by atoms with Gasteiger partial charge in [0.2, 0.25) is 0 Å². The second kappa shape index (κ2) is 4.79. The Morgan fingerprint density at radius 3 is 2.47 bits per heavy atom. The largest absolute Gasteiger partial charge is 0.315 e. The topological polar surface area (TPSA) is 15.3 Å². The van der Waals surface area contributed by atoms with Crippen molar-refractivity contribution in [2.24, 2.45) is 5.41 Å². The molecule has 2 heteroatoms. The van der Waals surface area contributed by atoms with Crippen molar-refractivity contribution in [2.45, 2.75) is 32.9 Å². The lowest BCUT2D eigenvalue weighted by atomic mass is 9.88. The molecule has 0 unspecified atom stereocenters. The van der Waals surface area contributed by atoms with Crippen LogP contribution in [0.1, 0.15) is 32.4 Å². The van der Waals surface area contributed by atoms with Gasteiger partial charge in [0.05, 0.1) is 0 Å². The van der Waals surface area contributed by atoms with Gasteiger partial charge >= 0.3 is 0 Å². The summed E-state index contributed by atoms with van der Waals surface area (Å²) in [4.78, 5) is 2.58. The van der Waals surface area contributed by atoms with Crippen LogP contribution in [0.3, 0.4) is 0 Å². The van der Waals surface area contributed by atoms with E-state index >= 15 is 0 Å². The SMILES string of the molecule is CN[C@H]1CN([C@H](C)c2ccccc2)CC1(C)C. The molecule has 1 heterocycles. The van der Waals surface area contributed by atoms with E-state index in [-0.39, 0.29) is 0 Å². The number of likely N-dealkylation sites (N-methyl/N-ethyl adjacent to an activating group) is 1. The summed E-state index contributed by atoms with van der Waals surface area (Å²) >= 11 is 0. The van der Waals surface area contributed by atoms with Crippen molar-refractivity contribution >= 4 is 0 Å². The Morgan fingerprint density at radius 2 is 1.94 bits per heavy atom. The molecule has 1 aromatic carbocycles. The quantitative estimate of drug-likeness (QED) is 0.862. The van der Waals surface area contributed by atoms with Gasteiger partial charge in [-0.3, -0.25) is 4.90 Å². The Balaban J connectivity index is 2.10. The molecule has 0 amide bonds. The summed E-state index contributed by atoms with van der Waals surface area (Å²) in [5, 5.41) is 3.45. The fourth-order valence-electron chi connectivity index (χ4n) is 2.90. The molecule has 2 atom stereocenters. The van der Waals surface area contributed by atoms with Crippen LogP contribution in [0.2, 0.25) is 0 Å². The number of rotatable bonds is 3. The summed E-state index contributed by atoms with van der Waals surface area (Å²) in [6, 6.07) is 11.9. The summed E-state index contributed by atoms with van der Waals surface area (Å²) in [6.07, 6.45) is 0. The average Bonchev–Trinajstić information content (AvgIpc) is 2.64. The van der Waals surface area contributed by atoms with E-state index in [1.807, 2.05) is 0 Å². The molecule has 0 radical (unpaired) electrons. The summed E-state index contributed by atoms with van der Waals surface area (Å²) < 4.78 is 0. The maximum atomic E-state index is 3.45. The molecule has 1 saturated heterocycles. The van der Waals surface area contributed by atoms with Gasteiger partial charge in [0.25, 0.3) is 0 Å². The molecule has 0 aliphatic carbocycles. The van der Waals surface area contributed by atoms with Crippen LogP contribution < -0.4 is 5.32 Å². The lowest BCUT2D eigenvalue weighted by Gasteiger charge is -2.26. The predicted octanol–water partition coefficient (Wildman–Crippen LogP) is 2.68. The maximum absolute atomic E-state index is 3.45. The van der Waals surface area contributed by atoms with Gasteiger partial charge in [0.15, 0.2) is 0 Å². The van der Waals surface area contributed by atoms with Crippen LogP contribution in [0.15, 0.2) is 30.3 Å².